The van der Waals surface area contributed by atoms with Crippen LogP contribution in [0.5, 0.6) is 0 Å². The van der Waals surface area contributed by atoms with Crippen LogP contribution >= 0.6 is 12.2 Å². The largest absolute Gasteiger partial charge is 0.387 e. The lowest BCUT2D eigenvalue weighted by Crippen LogP contribution is -2.32. The molecule has 2 aromatic rings. The van der Waals surface area contributed by atoms with Gasteiger partial charge in [0.2, 0.25) is 0 Å². The zero-order chi connectivity index (χ0) is 17.7. The number of nitrogens with one attached hydrogen (secondary N) is 2. The summed E-state index contributed by atoms with van der Waals surface area (Å²) in [6.07, 6.45) is -0.816. The smallest absolute Gasteiger partial charge is 0.269 e. The second-order valence-corrected chi connectivity index (χ2v) is 5.93. The quantitative estimate of drug-likeness (QED) is 0.438. The predicted octanol–water partition coefficient (Wildman–Crippen LogP) is 3.23. The predicted molar refractivity (Wildman–Crippen MR) is 98.2 cm³/mol. The molecule has 0 saturated carbocycles. The van der Waals surface area contributed by atoms with Gasteiger partial charge in [-0.05, 0) is 61.0 Å². The fourth-order valence-corrected chi connectivity index (χ4v) is 2.36. The summed E-state index contributed by atoms with van der Waals surface area (Å²) in [5.41, 5.74) is 3.68. The minimum absolute atomic E-state index is 0.00832. The third-order valence-corrected chi connectivity index (χ3v) is 3.83. The van der Waals surface area contributed by atoms with E-state index in [9.17, 15) is 15.2 Å². The van der Waals surface area contributed by atoms with Crippen LogP contribution in [0, 0.1) is 24.0 Å². The summed E-state index contributed by atoms with van der Waals surface area (Å²) < 4.78 is 0. The van der Waals surface area contributed by atoms with Gasteiger partial charge >= 0.3 is 0 Å². The number of nitro benzene ring substituents is 1. The average Bonchev–Trinajstić information content (AvgIpc) is 2.56. The van der Waals surface area contributed by atoms with Gasteiger partial charge in [-0.25, -0.2) is 0 Å². The molecule has 0 aromatic heterocycles. The Labute approximate surface area is 145 Å². The minimum atomic E-state index is -0.816. The van der Waals surface area contributed by atoms with Crippen molar-refractivity contribution in [1.29, 1.82) is 0 Å². The van der Waals surface area contributed by atoms with E-state index >= 15 is 0 Å². The van der Waals surface area contributed by atoms with Gasteiger partial charge < -0.3 is 15.7 Å². The second-order valence-electron chi connectivity index (χ2n) is 5.52. The van der Waals surface area contributed by atoms with Gasteiger partial charge in [0, 0.05) is 24.4 Å². The molecule has 0 saturated heterocycles. The molecule has 2 rings (SSSR count). The van der Waals surface area contributed by atoms with Crippen molar-refractivity contribution in [2.45, 2.75) is 20.0 Å². The molecule has 0 radical (unpaired) electrons. The van der Waals surface area contributed by atoms with Crippen LogP contribution in [0.3, 0.4) is 0 Å². The van der Waals surface area contributed by atoms with Gasteiger partial charge in [0.1, 0.15) is 0 Å². The van der Waals surface area contributed by atoms with Crippen LogP contribution in [-0.4, -0.2) is 21.7 Å². The zero-order valence-electron chi connectivity index (χ0n) is 13.4. The van der Waals surface area contributed by atoms with Crippen LogP contribution in [0.1, 0.15) is 22.8 Å². The highest BCUT2D eigenvalue weighted by Crippen LogP contribution is 2.18. The fraction of sp³-hybridized carbons (Fsp3) is 0.235. The van der Waals surface area contributed by atoms with Gasteiger partial charge in [-0.1, -0.05) is 12.1 Å². The van der Waals surface area contributed by atoms with E-state index in [1.807, 2.05) is 32.0 Å². The first-order valence-corrected chi connectivity index (χ1v) is 7.82. The summed E-state index contributed by atoms with van der Waals surface area (Å²) in [6.45, 7) is 4.18. The number of rotatable bonds is 5. The summed E-state index contributed by atoms with van der Waals surface area (Å²) in [5.74, 6) is 0. The van der Waals surface area contributed by atoms with E-state index < -0.39 is 11.0 Å². The lowest BCUT2D eigenvalue weighted by molar-refractivity contribution is -0.384. The van der Waals surface area contributed by atoms with Gasteiger partial charge in [0.05, 0.1) is 11.0 Å². The molecule has 1 unspecified atom stereocenters. The highest BCUT2D eigenvalue weighted by atomic mass is 32.1. The number of thiocarbonyl (C=S) groups is 1. The van der Waals surface area contributed by atoms with E-state index in [1.165, 1.54) is 24.3 Å². The van der Waals surface area contributed by atoms with Crippen molar-refractivity contribution >= 4 is 28.7 Å². The highest BCUT2D eigenvalue weighted by molar-refractivity contribution is 7.80. The lowest BCUT2D eigenvalue weighted by atomic mass is 10.1. The Morgan fingerprint density at radius 2 is 1.92 bits per heavy atom. The third kappa shape index (κ3) is 4.74. The lowest BCUT2D eigenvalue weighted by Gasteiger charge is -2.16. The normalized spacial score (nSPS) is 11.6. The number of non-ortho nitro benzene ring substituents is 1. The van der Waals surface area contributed by atoms with Gasteiger partial charge in [0.15, 0.2) is 5.11 Å². The number of nitro groups is 1. The average molecular weight is 345 g/mol. The first-order chi connectivity index (χ1) is 11.4. The maximum Gasteiger partial charge on any atom is 0.269 e. The molecule has 0 aliphatic rings. The minimum Gasteiger partial charge on any atom is -0.387 e. The standard InChI is InChI=1S/C17H19N3O3S/c1-11-3-4-12(2)15(9-11)19-17(24)18-10-16(21)13-5-7-14(8-6-13)20(22)23/h3-9,16,21H,10H2,1-2H3,(H2,18,19,24). The van der Waals surface area contributed by atoms with E-state index in [4.69, 9.17) is 12.2 Å². The number of aryl methyl sites for hydroxylation is 2. The molecular weight excluding hydrogens is 326 g/mol. The molecule has 126 valence electrons. The molecule has 6 nitrogen and oxygen atoms in total. The van der Waals surface area contributed by atoms with Gasteiger partial charge in [0.25, 0.3) is 5.69 Å². The monoisotopic (exact) mass is 345 g/mol. The SMILES string of the molecule is Cc1ccc(C)c(NC(=S)NCC(O)c2ccc([N+](=O)[O-])cc2)c1. The number of hydrogen-bond donors (Lipinski definition) is 3. The molecular formula is C17H19N3O3S. The Hall–Kier alpha value is -2.51. The zero-order valence-corrected chi connectivity index (χ0v) is 14.3. The van der Waals surface area contributed by atoms with Crippen LogP contribution in [0.2, 0.25) is 0 Å². The molecule has 24 heavy (non-hydrogen) atoms. The van der Waals surface area contributed by atoms with E-state index in [1.54, 1.807) is 0 Å². The Morgan fingerprint density at radius 3 is 2.54 bits per heavy atom. The Balaban J connectivity index is 1.91. The molecule has 0 heterocycles. The molecule has 0 aliphatic carbocycles. The van der Waals surface area contributed by atoms with Crippen molar-refractivity contribution in [3.05, 3.63) is 69.3 Å². The topological polar surface area (TPSA) is 87.4 Å². The first kappa shape index (κ1) is 17.8. The van der Waals surface area contributed by atoms with Crippen LogP contribution in [0.4, 0.5) is 11.4 Å². The number of hydrogen-bond acceptors (Lipinski definition) is 4. The molecule has 1 atom stereocenters. The van der Waals surface area contributed by atoms with Crippen LogP contribution in [-0.2, 0) is 0 Å². The summed E-state index contributed by atoms with van der Waals surface area (Å²) in [6, 6.07) is 11.8. The van der Waals surface area contributed by atoms with Crippen molar-refractivity contribution in [2.75, 3.05) is 11.9 Å². The maximum atomic E-state index is 10.6. The molecule has 7 heteroatoms. The van der Waals surface area contributed by atoms with E-state index in [2.05, 4.69) is 10.6 Å². The summed E-state index contributed by atoms with van der Waals surface area (Å²) in [4.78, 5) is 10.2. The van der Waals surface area contributed by atoms with Gasteiger partial charge in [-0.15, -0.1) is 0 Å². The van der Waals surface area contributed by atoms with E-state index in [0.717, 1.165) is 16.8 Å². The van der Waals surface area contributed by atoms with Crippen molar-refractivity contribution < 1.29 is 10.0 Å². The molecule has 0 amide bonds. The summed E-state index contributed by atoms with van der Waals surface area (Å²) >= 11 is 5.24. The summed E-state index contributed by atoms with van der Waals surface area (Å²) in [7, 11) is 0. The van der Waals surface area contributed by atoms with Gasteiger partial charge in [-0.3, -0.25) is 10.1 Å². The maximum absolute atomic E-state index is 10.6. The fourth-order valence-electron chi connectivity index (χ4n) is 2.16. The Morgan fingerprint density at radius 1 is 1.25 bits per heavy atom. The van der Waals surface area contributed by atoms with Crippen LogP contribution in [0.15, 0.2) is 42.5 Å². The van der Waals surface area contributed by atoms with Crippen molar-refractivity contribution in [2.24, 2.45) is 0 Å². The van der Waals surface area contributed by atoms with Crippen molar-refractivity contribution in [3.8, 4) is 0 Å². The van der Waals surface area contributed by atoms with E-state index in [-0.39, 0.29) is 12.2 Å². The number of anilines is 1. The molecule has 0 fully saturated rings. The third-order valence-electron chi connectivity index (χ3n) is 3.59. The van der Waals surface area contributed by atoms with Crippen LogP contribution in [0.25, 0.3) is 0 Å². The van der Waals surface area contributed by atoms with Gasteiger partial charge in [-0.2, -0.15) is 0 Å². The number of nitrogens with zero attached hydrogens (tertiary/aromatic N) is 1. The second kappa shape index (κ2) is 7.85. The highest BCUT2D eigenvalue weighted by Gasteiger charge is 2.11. The molecule has 0 bridgehead atoms. The first-order valence-electron chi connectivity index (χ1n) is 7.41. The van der Waals surface area contributed by atoms with Crippen LogP contribution < -0.4 is 10.6 Å². The molecule has 3 N–H and O–H groups in total. The Bertz CT molecular complexity index is 747. The number of benzene rings is 2. The number of aliphatic hydroxyl groups is 1. The van der Waals surface area contributed by atoms with Crippen molar-refractivity contribution in [3.63, 3.8) is 0 Å². The van der Waals surface area contributed by atoms with E-state index in [0.29, 0.717) is 10.7 Å². The molecule has 0 spiro atoms. The molecule has 0 aliphatic heterocycles. The summed E-state index contributed by atoms with van der Waals surface area (Å²) in [5, 5.41) is 27.2. The molecule has 2 aromatic carbocycles. The number of aliphatic hydroxyl groups excluding tert-OH is 1. The van der Waals surface area contributed by atoms with Crippen molar-refractivity contribution in [1.82, 2.24) is 5.32 Å². The Kier molecular flexibility index (Phi) is 5.83.